The molecule has 0 aliphatic rings. The first-order chi connectivity index (χ1) is 12.6. The molecular weight excluding hydrogens is 378 g/mol. The van der Waals surface area contributed by atoms with Crippen LogP contribution in [-0.2, 0) is 10.2 Å². The van der Waals surface area contributed by atoms with E-state index in [2.05, 4.69) is 25.6 Å². The van der Waals surface area contributed by atoms with Crippen LogP contribution in [0.3, 0.4) is 0 Å². The highest BCUT2D eigenvalue weighted by Crippen LogP contribution is 2.20. The van der Waals surface area contributed by atoms with Gasteiger partial charge in [0.1, 0.15) is 17.3 Å². The Morgan fingerprint density at radius 3 is 2.70 bits per heavy atom. The molecular formula is C16H16F2N6O2S. The largest absolute Gasteiger partial charge is 0.323 e. The van der Waals surface area contributed by atoms with Crippen molar-refractivity contribution in [3.8, 4) is 0 Å². The Balaban J connectivity index is 1.77. The Bertz CT molecular complexity index is 1070. The fourth-order valence-electron chi connectivity index (χ4n) is 2.23. The lowest BCUT2D eigenvalue weighted by atomic mass is 9.93. The number of halogens is 2. The molecule has 27 heavy (non-hydrogen) atoms. The van der Waals surface area contributed by atoms with Gasteiger partial charge in [0.15, 0.2) is 0 Å². The lowest BCUT2D eigenvalue weighted by Gasteiger charge is -2.15. The molecule has 2 aromatic heterocycles. The maximum absolute atomic E-state index is 13.6. The summed E-state index contributed by atoms with van der Waals surface area (Å²) in [6, 6.07) is 2.87. The van der Waals surface area contributed by atoms with Crippen LogP contribution in [0.2, 0.25) is 0 Å². The minimum atomic E-state index is -0.865. The average Bonchev–Trinajstić information content (AvgIpc) is 2.95. The SMILES string of the molecule is CC(C)(C)c1nn2c(SCC(=O)Nc3ccc(F)cc3F)nnc2[nH]c1=O. The van der Waals surface area contributed by atoms with Gasteiger partial charge in [-0.25, -0.2) is 8.78 Å². The van der Waals surface area contributed by atoms with E-state index >= 15 is 0 Å². The van der Waals surface area contributed by atoms with E-state index in [1.165, 1.54) is 4.52 Å². The molecule has 8 nitrogen and oxygen atoms in total. The Hall–Kier alpha value is -2.82. The van der Waals surface area contributed by atoms with Crippen LogP contribution in [0.4, 0.5) is 14.5 Å². The van der Waals surface area contributed by atoms with Crippen LogP contribution in [0, 0.1) is 11.6 Å². The van der Waals surface area contributed by atoms with Crippen molar-refractivity contribution < 1.29 is 13.6 Å². The zero-order valence-corrected chi connectivity index (χ0v) is 15.5. The quantitative estimate of drug-likeness (QED) is 0.657. The lowest BCUT2D eigenvalue weighted by molar-refractivity contribution is -0.113. The molecule has 0 unspecified atom stereocenters. The molecule has 0 radical (unpaired) electrons. The van der Waals surface area contributed by atoms with Crippen molar-refractivity contribution in [2.45, 2.75) is 31.3 Å². The first-order valence-corrected chi connectivity index (χ1v) is 8.87. The minimum Gasteiger partial charge on any atom is -0.323 e. The molecule has 142 valence electrons. The molecule has 0 saturated carbocycles. The summed E-state index contributed by atoms with van der Waals surface area (Å²) in [5.74, 6) is -2.06. The average molecular weight is 394 g/mol. The Kier molecular flexibility index (Phi) is 4.96. The fourth-order valence-corrected chi connectivity index (χ4v) is 2.91. The van der Waals surface area contributed by atoms with Crippen molar-refractivity contribution in [3.63, 3.8) is 0 Å². The molecule has 11 heteroatoms. The van der Waals surface area contributed by atoms with Gasteiger partial charge in [0, 0.05) is 11.5 Å². The molecule has 0 fully saturated rings. The number of carbonyl (C=O) groups excluding carboxylic acids is 1. The van der Waals surface area contributed by atoms with Crippen molar-refractivity contribution in [1.29, 1.82) is 0 Å². The summed E-state index contributed by atoms with van der Waals surface area (Å²) in [7, 11) is 0. The van der Waals surface area contributed by atoms with Crippen LogP contribution in [-0.4, -0.2) is 36.5 Å². The van der Waals surface area contributed by atoms with Gasteiger partial charge in [0.25, 0.3) is 11.3 Å². The summed E-state index contributed by atoms with van der Waals surface area (Å²) in [6.45, 7) is 5.54. The van der Waals surface area contributed by atoms with Crippen LogP contribution < -0.4 is 10.9 Å². The number of anilines is 1. The third-order valence-corrected chi connectivity index (χ3v) is 4.42. The molecule has 3 aromatic rings. The summed E-state index contributed by atoms with van der Waals surface area (Å²) in [5.41, 5.74) is -0.672. The zero-order chi connectivity index (χ0) is 19.8. The van der Waals surface area contributed by atoms with Gasteiger partial charge in [0.05, 0.1) is 11.4 Å². The van der Waals surface area contributed by atoms with Crippen LogP contribution in [0.1, 0.15) is 26.5 Å². The molecule has 3 rings (SSSR count). The summed E-state index contributed by atoms with van der Waals surface area (Å²) >= 11 is 1.01. The Morgan fingerprint density at radius 2 is 2.04 bits per heavy atom. The highest BCUT2D eigenvalue weighted by molar-refractivity contribution is 7.99. The van der Waals surface area contributed by atoms with Gasteiger partial charge in [-0.05, 0) is 12.1 Å². The van der Waals surface area contributed by atoms with Crippen LogP contribution in [0.25, 0.3) is 5.78 Å². The van der Waals surface area contributed by atoms with Crippen LogP contribution in [0.15, 0.2) is 28.2 Å². The number of fused-ring (bicyclic) bond motifs is 1. The second kappa shape index (κ2) is 7.06. The first-order valence-electron chi connectivity index (χ1n) is 7.89. The van der Waals surface area contributed by atoms with E-state index in [-0.39, 0.29) is 22.8 Å². The number of nitrogens with one attached hydrogen (secondary N) is 2. The molecule has 2 N–H and O–H groups in total. The smallest absolute Gasteiger partial charge is 0.274 e. The van der Waals surface area contributed by atoms with Gasteiger partial charge in [-0.1, -0.05) is 32.5 Å². The number of benzene rings is 1. The zero-order valence-electron chi connectivity index (χ0n) is 14.7. The fraction of sp³-hybridized carbons (Fsp3) is 0.312. The van der Waals surface area contributed by atoms with E-state index in [1.807, 2.05) is 20.8 Å². The van der Waals surface area contributed by atoms with E-state index in [0.29, 0.717) is 16.9 Å². The van der Waals surface area contributed by atoms with E-state index in [0.717, 1.165) is 23.9 Å². The summed E-state index contributed by atoms with van der Waals surface area (Å²) in [5, 5.41) is 14.7. The number of rotatable bonds is 4. The number of hydrogen-bond donors (Lipinski definition) is 2. The molecule has 0 aliphatic heterocycles. The topological polar surface area (TPSA) is 105 Å². The predicted octanol–water partition coefficient (Wildman–Crippen LogP) is 2.12. The number of carbonyl (C=O) groups is 1. The standard InChI is InChI=1S/C16H16F2N6O2S/c1-16(2,3)12-13(26)20-14-21-22-15(24(14)23-12)27-7-11(25)19-10-5-4-8(17)6-9(10)18/h4-6H,7H2,1-3H3,(H,19,25)(H,20,21,26). The monoisotopic (exact) mass is 394 g/mol. The molecule has 1 amide bonds. The second-order valence-corrected chi connectivity index (χ2v) is 7.67. The van der Waals surface area contributed by atoms with Gasteiger partial charge in [-0.15, -0.1) is 10.2 Å². The molecule has 0 saturated heterocycles. The van der Waals surface area contributed by atoms with Gasteiger partial charge >= 0.3 is 0 Å². The summed E-state index contributed by atoms with van der Waals surface area (Å²) in [4.78, 5) is 26.7. The second-order valence-electron chi connectivity index (χ2n) is 6.73. The highest BCUT2D eigenvalue weighted by atomic mass is 32.2. The van der Waals surface area contributed by atoms with Gasteiger partial charge in [0.2, 0.25) is 11.1 Å². The molecule has 2 heterocycles. The third-order valence-electron chi connectivity index (χ3n) is 3.50. The van der Waals surface area contributed by atoms with E-state index < -0.39 is 23.0 Å². The van der Waals surface area contributed by atoms with Gasteiger partial charge in [-0.3, -0.25) is 14.6 Å². The minimum absolute atomic E-state index is 0.108. The third kappa shape index (κ3) is 4.13. The van der Waals surface area contributed by atoms with Crippen LogP contribution in [0.5, 0.6) is 0 Å². The molecule has 0 bridgehead atoms. The summed E-state index contributed by atoms with van der Waals surface area (Å²) in [6.07, 6.45) is 0. The number of nitrogens with zero attached hydrogens (tertiary/aromatic N) is 4. The molecule has 1 aromatic carbocycles. The van der Waals surface area contributed by atoms with Crippen molar-refractivity contribution >= 4 is 29.1 Å². The molecule has 0 aliphatic carbocycles. The first kappa shape index (κ1) is 19.0. The predicted molar refractivity (Wildman–Crippen MR) is 95.8 cm³/mol. The number of aromatic nitrogens is 5. The Morgan fingerprint density at radius 1 is 1.30 bits per heavy atom. The Labute approximate surface area is 156 Å². The number of aromatic amines is 1. The summed E-state index contributed by atoms with van der Waals surface area (Å²) < 4.78 is 27.8. The van der Waals surface area contributed by atoms with E-state index in [1.54, 1.807) is 0 Å². The van der Waals surface area contributed by atoms with Crippen molar-refractivity contribution in [1.82, 2.24) is 24.8 Å². The molecule has 0 atom stereocenters. The van der Waals surface area contributed by atoms with Crippen LogP contribution >= 0.6 is 11.8 Å². The van der Waals surface area contributed by atoms with Crippen molar-refractivity contribution in [2.24, 2.45) is 0 Å². The molecule has 0 spiro atoms. The number of H-pyrrole nitrogens is 1. The maximum Gasteiger partial charge on any atom is 0.274 e. The number of thioether (sulfide) groups is 1. The van der Waals surface area contributed by atoms with Crippen molar-refractivity contribution in [2.75, 3.05) is 11.1 Å². The van der Waals surface area contributed by atoms with Gasteiger partial charge < -0.3 is 5.32 Å². The van der Waals surface area contributed by atoms with E-state index in [4.69, 9.17) is 0 Å². The van der Waals surface area contributed by atoms with Gasteiger partial charge in [-0.2, -0.15) is 9.61 Å². The highest BCUT2D eigenvalue weighted by Gasteiger charge is 2.22. The number of hydrogen-bond acceptors (Lipinski definition) is 6. The van der Waals surface area contributed by atoms with Crippen molar-refractivity contribution in [3.05, 3.63) is 45.9 Å². The number of amides is 1. The normalized spacial score (nSPS) is 11.7. The van der Waals surface area contributed by atoms with E-state index in [9.17, 15) is 18.4 Å². The lowest BCUT2D eigenvalue weighted by Crippen LogP contribution is -2.28. The maximum atomic E-state index is 13.6.